The quantitative estimate of drug-likeness (QED) is 0.529. The van der Waals surface area contributed by atoms with Crippen LogP contribution in [0.2, 0.25) is 0 Å². The van der Waals surface area contributed by atoms with Gasteiger partial charge in [0, 0.05) is 0 Å². The molecule has 0 N–H and O–H groups in total. The first-order valence-electron chi connectivity index (χ1n) is 4.31. The molecule has 0 radical (unpaired) electrons. The van der Waals surface area contributed by atoms with Gasteiger partial charge in [-0.15, -0.1) is 0 Å². The van der Waals surface area contributed by atoms with Crippen LogP contribution in [0, 0.1) is 0 Å². The van der Waals surface area contributed by atoms with Crippen LogP contribution >= 0.6 is 19.2 Å². The Morgan fingerprint density at radius 3 is 2.00 bits per heavy atom. The van der Waals surface area contributed by atoms with Crippen molar-refractivity contribution in [3.05, 3.63) is 10.5 Å². The largest absolute Gasteiger partial charge is 0.486 e. The summed E-state index contributed by atoms with van der Waals surface area (Å²) in [5.74, 6) is 0. The Kier molecular flexibility index (Phi) is 6.45. The second-order valence-electron chi connectivity index (χ2n) is 2.40. The summed E-state index contributed by atoms with van der Waals surface area (Å²) in [7, 11) is -1.86. The lowest BCUT2D eigenvalue weighted by Crippen LogP contribution is -1.98. The van der Waals surface area contributed by atoms with Crippen molar-refractivity contribution in [3.8, 4) is 0 Å². The lowest BCUT2D eigenvalue weighted by atomic mass is 10.7. The fraction of sp³-hybridized carbons (Fsp3) is 0.750. The molecule has 0 aromatic carbocycles. The van der Waals surface area contributed by atoms with Gasteiger partial charge in [0.05, 0.1) is 25.6 Å². The molecular weight excluding hydrogens is 227 g/mol. The minimum atomic E-state index is -3.26. The summed E-state index contributed by atoms with van der Waals surface area (Å²) in [6.07, 6.45) is 0. The SMILES string of the molecule is CCOP(=O)(OCC)/C(C)=C(\Cl)OC. The van der Waals surface area contributed by atoms with Crippen molar-refractivity contribution in [2.75, 3.05) is 20.3 Å². The predicted molar refractivity (Wildman–Crippen MR) is 56.4 cm³/mol. The van der Waals surface area contributed by atoms with Crippen molar-refractivity contribution in [1.29, 1.82) is 0 Å². The van der Waals surface area contributed by atoms with Crippen LogP contribution < -0.4 is 0 Å². The van der Waals surface area contributed by atoms with Crippen molar-refractivity contribution in [1.82, 2.24) is 0 Å². The highest BCUT2D eigenvalue weighted by atomic mass is 35.5. The Morgan fingerprint density at radius 1 is 1.29 bits per heavy atom. The monoisotopic (exact) mass is 242 g/mol. The van der Waals surface area contributed by atoms with Crippen LogP contribution in [-0.2, 0) is 18.3 Å². The van der Waals surface area contributed by atoms with Gasteiger partial charge in [-0.2, -0.15) is 0 Å². The third-order valence-corrected chi connectivity index (χ3v) is 4.26. The van der Waals surface area contributed by atoms with Gasteiger partial charge < -0.3 is 13.8 Å². The number of ether oxygens (including phenoxy) is 1. The Bertz CT molecular complexity index is 242. The molecule has 0 aromatic heterocycles. The van der Waals surface area contributed by atoms with Crippen LogP contribution in [0.4, 0.5) is 0 Å². The number of hydrogen-bond donors (Lipinski definition) is 0. The van der Waals surface area contributed by atoms with Gasteiger partial charge in [-0.3, -0.25) is 4.57 Å². The van der Waals surface area contributed by atoms with Gasteiger partial charge in [0.15, 0.2) is 5.22 Å². The van der Waals surface area contributed by atoms with Crippen LogP contribution in [0.25, 0.3) is 0 Å². The average Bonchev–Trinajstić information content (AvgIpc) is 2.16. The average molecular weight is 243 g/mol. The van der Waals surface area contributed by atoms with Gasteiger partial charge >= 0.3 is 7.60 Å². The first-order valence-corrected chi connectivity index (χ1v) is 6.23. The molecule has 0 aliphatic rings. The van der Waals surface area contributed by atoms with Gasteiger partial charge in [-0.1, -0.05) is 0 Å². The van der Waals surface area contributed by atoms with E-state index in [1.165, 1.54) is 7.11 Å². The molecule has 4 nitrogen and oxygen atoms in total. The molecule has 0 atom stereocenters. The Morgan fingerprint density at radius 2 is 1.71 bits per heavy atom. The van der Waals surface area contributed by atoms with E-state index in [1.807, 2.05) is 0 Å². The van der Waals surface area contributed by atoms with Gasteiger partial charge in [-0.05, 0) is 32.4 Å². The number of halogens is 1. The minimum absolute atomic E-state index is 0.0511. The molecule has 0 heterocycles. The summed E-state index contributed by atoms with van der Waals surface area (Å²) < 4.78 is 26.9. The molecule has 0 aromatic rings. The van der Waals surface area contributed by atoms with Crippen LogP contribution in [0.15, 0.2) is 10.5 Å². The molecule has 14 heavy (non-hydrogen) atoms. The topological polar surface area (TPSA) is 44.8 Å². The summed E-state index contributed by atoms with van der Waals surface area (Å²) in [5, 5.41) is 0.348. The molecule has 0 rings (SSSR count). The summed E-state index contributed by atoms with van der Waals surface area (Å²) in [6.45, 7) is 5.63. The van der Waals surface area contributed by atoms with E-state index in [0.29, 0.717) is 18.5 Å². The zero-order chi connectivity index (χ0) is 11.2. The summed E-state index contributed by atoms with van der Waals surface area (Å²) in [6, 6.07) is 0. The van der Waals surface area contributed by atoms with Crippen molar-refractivity contribution < 1.29 is 18.3 Å². The molecule has 84 valence electrons. The molecule has 0 bridgehead atoms. The second-order valence-corrected chi connectivity index (χ2v) is 4.92. The lowest BCUT2D eigenvalue weighted by Gasteiger charge is -2.17. The molecular formula is C8H16ClO4P. The van der Waals surface area contributed by atoms with E-state index in [0.717, 1.165) is 0 Å². The van der Waals surface area contributed by atoms with Crippen LogP contribution in [0.3, 0.4) is 0 Å². The van der Waals surface area contributed by atoms with Gasteiger partial charge in [0.25, 0.3) is 0 Å². The van der Waals surface area contributed by atoms with Crippen molar-refractivity contribution >= 4 is 19.2 Å². The molecule has 0 aliphatic heterocycles. The number of hydrogen-bond acceptors (Lipinski definition) is 4. The van der Waals surface area contributed by atoms with Gasteiger partial charge in [-0.25, -0.2) is 0 Å². The van der Waals surface area contributed by atoms with E-state index < -0.39 is 7.60 Å². The number of rotatable bonds is 6. The smallest absolute Gasteiger partial charge is 0.361 e. The van der Waals surface area contributed by atoms with E-state index in [1.54, 1.807) is 20.8 Å². The van der Waals surface area contributed by atoms with Crippen molar-refractivity contribution in [3.63, 3.8) is 0 Å². The maximum absolute atomic E-state index is 12.0. The maximum Gasteiger partial charge on any atom is 0.361 e. The third-order valence-electron chi connectivity index (χ3n) is 1.47. The molecule has 0 aliphatic carbocycles. The van der Waals surface area contributed by atoms with Crippen LogP contribution in [-0.4, -0.2) is 20.3 Å². The van der Waals surface area contributed by atoms with Crippen molar-refractivity contribution in [2.45, 2.75) is 20.8 Å². The first kappa shape index (κ1) is 14.0. The normalized spacial score (nSPS) is 13.8. The molecule has 0 fully saturated rings. The molecule has 0 saturated carbocycles. The highest BCUT2D eigenvalue weighted by Crippen LogP contribution is 2.57. The lowest BCUT2D eigenvalue weighted by molar-refractivity contribution is 0.224. The molecule has 0 unspecified atom stereocenters. The molecule has 0 amide bonds. The predicted octanol–water partition coefficient (Wildman–Crippen LogP) is 3.33. The molecule has 0 spiro atoms. The molecule has 0 saturated heterocycles. The third kappa shape index (κ3) is 3.62. The zero-order valence-corrected chi connectivity index (χ0v) is 10.5. The summed E-state index contributed by atoms with van der Waals surface area (Å²) >= 11 is 5.70. The second kappa shape index (κ2) is 6.46. The standard InChI is InChI=1S/C8H16ClO4P/c1-5-12-14(10,13-6-2)7(3)8(9)11-4/h5-6H2,1-4H3/b8-7+. The highest BCUT2D eigenvalue weighted by molar-refractivity contribution is 7.58. The Hall–Kier alpha value is -0.0200. The van der Waals surface area contributed by atoms with E-state index in [-0.39, 0.29) is 5.22 Å². The minimum Gasteiger partial charge on any atom is -0.486 e. The Labute approximate surface area is 89.7 Å². The highest BCUT2D eigenvalue weighted by Gasteiger charge is 2.29. The fourth-order valence-electron chi connectivity index (χ4n) is 0.826. The van der Waals surface area contributed by atoms with Gasteiger partial charge in [0.1, 0.15) is 0 Å². The summed E-state index contributed by atoms with van der Waals surface area (Å²) in [5.41, 5.74) is 0. The van der Waals surface area contributed by atoms with Crippen LogP contribution in [0.5, 0.6) is 0 Å². The van der Waals surface area contributed by atoms with Crippen LogP contribution in [0.1, 0.15) is 20.8 Å². The fourth-order valence-corrected chi connectivity index (χ4v) is 2.58. The number of methoxy groups -OCH3 is 1. The zero-order valence-electron chi connectivity index (χ0n) is 8.87. The summed E-state index contributed by atoms with van der Waals surface area (Å²) in [4.78, 5) is 0. The van der Waals surface area contributed by atoms with E-state index in [9.17, 15) is 4.57 Å². The maximum atomic E-state index is 12.0. The van der Waals surface area contributed by atoms with E-state index >= 15 is 0 Å². The Balaban J connectivity index is 4.91. The number of allylic oxidation sites excluding steroid dienone is 1. The first-order chi connectivity index (χ1) is 6.51. The molecule has 6 heteroatoms. The van der Waals surface area contributed by atoms with Crippen molar-refractivity contribution in [2.24, 2.45) is 0 Å². The van der Waals surface area contributed by atoms with Gasteiger partial charge in [0.2, 0.25) is 0 Å². The van der Waals surface area contributed by atoms with E-state index in [2.05, 4.69) is 0 Å². The van der Waals surface area contributed by atoms with E-state index in [4.69, 9.17) is 25.4 Å².